The molecule has 6 N–H and O–H groups in total. The maximum absolute atomic E-state index is 13.4. The molecule has 0 bridgehead atoms. The lowest BCUT2D eigenvalue weighted by atomic mass is 9.99. The minimum absolute atomic E-state index is 0.108. The van der Waals surface area contributed by atoms with E-state index in [9.17, 15) is 35.1 Å². The van der Waals surface area contributed by atoms with Crippen LogP contribution in [0.4, 0.5) is 0 Å². The average Bonchev–Trinajstić information content (AvgIpc) is 3.51. The van der Waals surface area contributed by atoms with Crippen LogP contribution in [0.25, 0.3) is 0 Å². The maximum atomic E-state index is 13.4. The molecule has 0 radical (unpaired) electrons. The fourth-order valence-electron chi connectivity index (χ4n) is 9.70. The smallest absolute Gasteiger partial charge is 0.306 e. The average molecular weight is 1140 g/mol. The molecule has 11 nitrogen and oxygen atoms in total. The van der Waals surface area contributed by atoms with Crippen LogP contribution in [0.1, 0.15) is 271 Å². The number of allylic oxidation sites excluding steroid dienone is 15. The van der Waals surface area contributed by atoms with Crippen LogP contribution in [-0.4, -0.2) is 99.6 Å². The molecule has 1 aliphatic rings. The normalized spacial score (nSPS) is 19.3. The number of esters is 1. The summed E-state index contributed by atoms with van der Waals surface area (Å²) < 4.78 is 17.6. The number of carbonyl (C=O) groups is 2. The Morgan fingerprint density at radius 2 is 0.852 bits per heavy atom. The Balaban J connectivity index is 2.65. The van der Waals surface area contributed by atoms with E-state index in [-0.39, 0.29) is 19.4 Å². The monoisotopic (exact) mass is 1140 g/mol. The fraction of sp³-hybridized carbons (Fsp3) is 0.743. The summed E-state index contributed by atoms with van der Waals surface area (Å²) in [5.41, 5.74) is 0. The van der Waals surface area contributed by atoms with Gasteiger partial charge in [-0.15, -0.1) is 0 Å². The van der Waals surface area contributed by atoms with E-state index in [1.54, 1.807) is 6.08 Å². The zero-order valence-corrected chi connectivity index (χ0v) is 51.6. The van der Waals surface area contributed by atoms with Crippen LogP contribution < -0.4 is 5.32 Å². The Morgan fingerprint density at radius 1 is 0.481 bits per heavy atom. The molecule has 11 heteroatoms. The quantitative estimate of drug-likeness (QED) is 0.0195. The second-order valence-electron chi connectivity index (χ2n) is 22.5. The number of hydrogen-bond acceptors (Lipinski definition) is 10. The molecule has 1 heterocycles. The predicted molar refractivity (Wildman–Crippen MR) is 338 cm³/mol. The number of carbonyl (C=O) groups excluding carboxylic acids is 2. The lowest BCUT2D eigenvalue weighted by Crippen LogP contribution is -2.61. The molecule has 8 atom stereocenters. The summed E-state index contributed by atoms with van der Waals surface area (Å²) in [6, 6.07) is -1.04. The lowest BCUT2D eigenvalue weighted by molar-refractivity contribution is -0.305. The Kier molecular flexibility index (Phi) is 53.2. The van der Waals surface area contributed by atoms with Crippen LogP contribution >= 0.6 is 0 Å². The lowest BCUT2D eigenvalue weighted by Gasteiger charge is -2.41. The highest BCUT2D eigenvalue weighted by Crippen LogP contribution is 2.26. The molecule has 81 heavy (non-hydrogen) atoms. The van der Waals surface area contributed by atoms with E-state index in [1.165, 1.54) is 109 Å². The van der Waals surface area contributed by atoms with Crippen molar-refractivity contribution in [1.82, 2.24) is 5.32 Å². The van der Waals surface area contributed by atoms with Crippen LogP contribution in [0.2, 0.25) is 0 Å². The molecule has 0 aromatic heterocycles. The van der Waals surface area contributed by atoms with Crippen molar-refractivity contribution in [3.05, 3.63) is 97.2 Å². The van der Waals surface area contributed by atoms with Gasteiger partial charge in [-0.25, -0.2) is 0 Å². The number of unbranched alkanes of at least 4 members (excludes halogenated alkanes) is 27. The Labute approximate surface area is 495 Å². The summed E-state index contributed by atoms with van der Waals surface area (Å²) in [6.07, 6.45) is 65.8. The summed E-state index contributed by atoms with van der Waals surface area (Å²) in [6.45, 7) is 5.72. The molecular formula is C70H121NO10. The van der Waals surface area contributed by atoms with Gasteiger partial charge in [-0.05, 0) is 109 Å². The summed E-state index contributed by atoms with van der Waals surface area (Å²) in [7, 11) is 0. The molecule has 1 fully saturated rings. The molecule has 1 aliphatic heterocycles. The highest BCUT2D eigenvalue weighted by Gasteiger charge is 2.47. The third-order valence-corrected chi connectivity index (χ3v) is 15.0. The molecule has 0 saturated carbocycles. The zero-order valence-electron chi connectivity index (χ0n) is 51.6. The topological polar surface area (TPSA) is 175 Å². The third-order valence-electron chi connectivity index (χ3n) is 15.0. The van der Waals surface area contributed by atoms with Crippen molar-refractivity contribution in [2.45, 2.75) is 320 Å². The van der Waals surface area contributed by atoms with Gasteiger partial charge < -0.3 is 45.1 Å². The van der Waals surface area contributed by atoms with Crippen LogP contribution in [0.3, 0.4) is 0 Å². The van der Waals surface area contributed by atoms with Crippen molar-refractivity contribution in [3.8, 4) is 0 Å². The van der Waals surface area contributed by atoms with Gasteiger partial charge in [-0.3, -0.25) is 9.59 Å². The summed E-state index contributed by atoms with van der Waals surface area (Å²) in [4.78, 5) is 26.6. The number of hydrogen-bond donors (Lipinski definition) is 6. The number of aliphatic hydroxyl groups excluding tert-OH is 5. The van der Waals surface area contributed by atoms with E-state index in [0.29, 0.717) is 12.8 Å². The number of aliphatic hydroxyl groups is 5. The minimum Gasteiger partial charge on any atom is -0.454 e. The second kappa shape index (κ2) is 57.0. The van der Waals surface area contributed by atoms with Gasteiger partial charge in [-0.2, -0.15) is 0 Å². The third kappa shape index (κ3) is 44.7. The summed E-state index contributed by atoms with van der Waals surface area (Å²) >= 11 is 0. The molecule has 0 aliphatic carbocycles. The van der Waals surface area contributed by atoms with Gasteiger partial charge in [0.2, 0.25) is 5.91 Å². The Bertz CT molecular complexity index is 1690. The summed E-state index contributed by atoms with van der Waals surface area (Å²) in [5.74, 6) is -1.22. The van der Waals surface area contributed by atoms with Crippen molar-refractivity contribution in [3.63, 3.8) is 0 Å². The fourth-order valence-corrected chi connectivity index (χ4v) is 9.70. The number of nitrogens with one attached hydrogen (secondary N) is 1. The maximum Gasteiger partial charge on any atom is 0.306 e. The molecule has 1 saturated heterocycles. The number of amides is 1. The first-order chi connectivity index (χ1) is 39.7. The van der Waals surface area contributed by atoms with E-state index in [0.717, 1.165) is 116 Å². The number of rotatable bonds is 55. The van der Waals surface area contributed by atoms with Crippen molar-refractivity contribution in [2.24, 2.45) is 0 Å². The van der Waals surface area contributed by atoms with Crippen molar-refractivity contribution >= 4 is 11.9 Å². The van der Waals surface area contributed by atoms with Crippen molar-refractivity contribution in [1.29, 1.82) is 0 Å². The SMILES string of the molecule is CCCCC/C=C\C/C=C\C/C=C\C/C=C\CCCCCCC(O)C(=O)NC(COC1OC(CO)C(O)C(O)C1OC(=O)CCCCCCCCCC/C=C\C/C=C\C/C=C\CCCCC)C(O)/C=C/CCCCCCCCCCC. The van der Waals surface area contributed by atoms with Gasteiger partial charge >= 0.3 is 5.97 Å². The highest BCUT2D eigenvalue weighted by molar-refractivity contribution is 5.80. The van der Waals surface area contributed by atoms with Gasteiger partial charge in [0.15, 0.2) is 12.4 Å². The van der Waals surface area contributed by atoms with Crippen molar-refractivity contribution < 1.29 is 49.3 Å². The van der Waals surface area contributed by atoms with Gasteiger partial charge in [-0.1, -0.05) is 253 Å². The Morgan fingerprint density at radius 3 is 1.30 bits per heavy atom. The van der Waals surface area contributed by atoms with E-state index in [2.05, 4.69) is 111 Å². The molecule has 1 rings (SSSR count). The van der Waals surface area contributed by atoms with Crippen LogP contribution in [0.5, 0.6) is 0 Å². The van der Waals surface area contributed by atoms with Crippen LogP contribution in [-0.2, 0) is 23.8 Å². The molecular weight excluding hydrogens is 1010 g/mol. The molecule has 0 aromatic rings. The minimum atomic E-state index is -1.63. The first-order valence-electron chi connectivity index (χ1n) is 33.0. The van der Waals surface area contributed by atoms with Gasteiger partial charge in [0.1, 0.15) is 24.4 Å². The van der Waals surface area contributed by atoms with E-state index in [1.807, 2.05) is 6.08 Å². The largest absolute Gasteiger partial charge is 0.454 e. The van der Waals surface area contributed by atoms with E-state index >= 15 is 0 Å². The molecule has 1 amide bonds. The van der Waals surface area contributed by atoms with Crippen LogP contribution in [0.15, 0.2) is 97.2 Å². The number of ether oxygens (including phenoxy) is 3. The van der Waals surface area contributed by atoms with Gasteiger partial charge in [0.25, 0.3) is 0 Å². The second-order valence-corrected chi connectivity index (χ2v) is 22.5. The summed E-state index contributed by atoms with van der Waals surface area (Å²) in [5, 5.41) is 57.1. The first-order valence-corrected chi connectivity index (χ1v) is 33.0. The molecule has 8 unspecified atom stereocenters. The van der Waals surface area contributed by atoms with Gasteiger partial charge in [0, 0.05) is 6.42 Å². The molecule has 0 aromatic carbocycles. The standard InChI is InChI=1S/C70H121NO10/c1-4-7-10-13-16-19-22-24-26-28-30-32-34-36-38-40-43-46-49-52-55-58-65(75)81-68-67(77)66(76)64(59-72)80-70(68)79-60-61(62(73)56-53-50-47-44-41-21-18-15-12-9-6-3)71-69(78)63(74)57-54-51-48-45-42-39-37-35-33-31-29-27-25-23-20-17-14-11-8-5-2/h16-17,19-20,24-27,30-33,37,39,53,56,61-64,66-68,70,72-74,76-77H,4-15,18,21-23,28-29,34-36,38,40-52,54-55,57-60H2,1-3H3,(H,71,78)/b19-16-,20-17-,26-24-,27-25-,32-30-,33-31-,39-37-,56-53+. The molecule has 0 spiro atoms. The van der Waals surface area contributed by atoms with Gasteiger partial charge in [0.05, 0.1) is 25.4 Å². The highest BCUT2D eigenvalue weighted by atomic mass is 16.7. The van der Waals surface area contributed by atoms with Crippen LogP contribution in [0, 0.1) is 0 Å². The van der Waals surface area contributed by atoms with E-state index < -0.39 is 67.4 Å². The Hall–Kier alpha value is -3.42. The zero-order chi connectivity index (χ0) is 58.9. The van der Waals surface area contributed by atoms with Crippen molar-refractivity contribution in [2.75, 3.05) is 13.2 Å². The predicted octanol–water partition coefficient (Wildman–Crippen LogP) is 16.3. The van der Waals surface area contributed by atoms with E-state index in [4.69, 9.17) is 14.2 Å². The first kappa shape index (κ1) is 75.6. The molecule has 466 valence electrons.